The van der Waals surface area contributed by atoms with Crippen LogP contribution < -0.4 is 10.2 Å². The number of hydrogen-bond donors (Lipinski definition) is 1. The van der Waals surface area contributed by atoms with Crippen molar-refractivity contribution in [3.8, 4) is 0 Å². The van der Waals surface area contributed by atoms with Gasteiger partial charge in [0.15, 0.2) is 0 Å². The second-order valence-electron chi connectivity index (χ2n) is 5.95. The maximum atomic E-state index is 12.9. The fraction of sp³-hybridized carbons (Fsp3) is 0.529. The third kappa shape index (κ3) is 5.03. The molecule has 23 heavy (non-hydrogen) atoms. The van der Waals surface area contributed by atoms with Gasteiger partial charge in [0.25, 0.3) is 0 Å². The van der Waals surface area contributed by atoms with E-state index in [2.05, 4.69) is 5.32 Å². The van der Waals surface area contributed by atoms with Crippen LogP contribution in [0.15, 0.2) is 24.3 Å². The van der Waals surface area contributed by atoms with E-state index in [1.165, 1.54) is 17.0 Å². The minimum Gasteiger partial charge on any atom is -0.379 e. The first-order valence-electron chi connectivity index (χ1n) is 7.92. The molecule has 1 heterocycles. The number of nitrogens with one attached hydrogen (secondary N) is 1. The van der Waals surface area contributed by atoms with Crippen LogP contribution in [0.3, 0.4) is 0 Å². The minimum atomic E-state index is -0.362. The van der Waals surface area contributed by atoms with E-state index in [0.717, 1.165) is 6.42 Å². The Kier molecular flexibility index (Phi) is 6.10. The van der Waals surface area contributed by atoms with Gasteiger partial charge < -0.3 is 15.0 Å². The molecule has 0 aliphatic carbocycles. The lowest BCUT2D eigenvalue weighted by atomic mass is 10.1. The lowest BCUT2D eigenvalue weighted by molar-refractivity contribution is -0.126. The summed E-state index contributed by atoms with van der Waals surface area (Å²) in [6.07, 6.45) is 1.11. The molecule has 2 rings (SSSR count). The van der Waals surface area contributed by atoms with Gasteiger partial charge in [-0.05, 0) is 44.5 Å². The number of hydrogen-bond acceptors (Lipinski definition) is 3. The molecule has 0 radical (unpaired) electrons. The zero-order valence-electron chi connectivity index (χ0n) is 13.5. The third-order valence-electron chi connectivity index (χ3n) is 3.71. The van der Waals surface area contributed by atoms with Gasteiger partial charge >= 0.3 is 0 Å². The van der Waals surface area contributed by atoms with Crippen LogP contribution >= 0.6 is 0 Å². The maximum absolute atomic E-state index is 12.9. The molecule has 1 atom stereocenters. The molecular weight excluding hydrogens is 299 g/mol. The zero-order chi connectivity index (χ0) is 16.8. The van der Waals surface area contributed by atoms with E-state index >= 15 is 0 Å². The van der Waals surface area contributed by atoms with Gasteiger partial charge in [0, 0.05) is 31.8 Å². The van der Waals surface area contributed by atoms with E-state index < -0.39 is 0 Å². The molecule has 1 aliphatic heterocycles. The quantitative estimate of drug-likeness (QED) is 0.782. The third-order valence-corrected chi connectivity index (χ3v) is 3.71. The van der Waals surface area contributed by atoms with Crippen LogP contribution in [-0.4, -0.2) is 37.6 Å². The summed E-state index contributed by atoms with van der Waals surface area (Å²) in [6.45, 7) is 5.40. The Labute approximate surface area is 135 Å². The van der Waals surface area contributed by atoms with E-state index in [1.54, 1.807) is 12.1 Å². The van der Waals surface area contributed by atoms with E-state index in [-0.39, 0.29) is 36.1 Å². The summed E-state index contributed by atoms with van der Waals surface area (Å²) in [4.78, 5) is 25.7. The number of rotatable bonds is 7. The molecule has 1 aliphatic rings. The van der Waals surface area contributed by atoms with Gasteiger partial charge in [-0.3, -0.25) is 9.59 Å². The van der Waals surface area contributed by atoms with E-state index in [4.69, 9.17) is 4.74 Å². The highest BCUT2D eigenvalue weighted by Crippen LogP contribution is 2.25. The van der Waals surface area contributed by atoms with Crippen LogP contribution in [0.1, 0.15) is 26.7 Å². The molecule has 1 fully saturated rings. The standard InChI is InChI=1S/C17H23FN2O3/c1-12(2)23-9-3-8-19-17(22)13-10-16(21)20(11-13)15-6-4-14(18)5-7-15/h4-7,12-13H,3,8-11H2,1-2H3,(H,19,22). The highest BCUT2D eigenvalue weighted by Gasteiger charge is 2.34. The number of anilines is 1. The average Bonchev–Trinajstić information content (AvgIpc) is 2.89. The van der Waals surface area contributed by atoms with Crippen molar-refractivity contribution in [3.05, 3.63) is 30.1 Å². The van der Waals surface area contributed by atoms with Crippen LogP contribution in [0.2, 0.25) is 0 Å². The zero-order valence-corrected chi connectivity index (χ0v) is 13.5. The maximum Gasteiger partial charge on any atom is 0.227 e. The summed E-state index contributed by atoms with van der Waals surface area (Å²) in [7, 11) is 0. The number of benzene rings is 1. The number of carbonyl (C=O) groups excluding carboxylic acids is 2. The van der Waals surface area contributed by atoms with Crippen molar-refractivity contribution >= 4 is 17.5 Å². The highest BCUT2D eigenvalue weighted by atomic mass is 19.1. The fourth-order valence-corrected chi connectivity index (χ4v) is 2.50. The molecule has 126 valence electrons. The Bertz CT molecular complexity index is 545. The summed E-state index contributed by atoms with van der Waals surface area (Å²) in [6, 6.07) is 5.73. The Hall–Kier alpha value is -1.95. The van der Waals surface area contributed by atoms with E-state index in [9.17, 15) is 14.0 Å². The first-order valence-corrected chi connectivity index (χ1v) is 7.92. The number of ether oxygens (including phenoxy) is 1. The Balaban J connectivity index is 1.80. The normalized spacial score (nSPS) is 17.8. The molecule has 0 bridgehead atoms. The largest absolute Gasteiger partial charge is 0.379 e. The van der Waals surface area contributed by atoms with Crippen molar-refractivity contribution < 1.29 is 18.7 Å². The number of amides is 2. The summed E-state index contributed by atoms with van der Waals surface area (Å²) < 4.78 is 18.4. The smallest absolute Gasteiger partial charge is 0.227 e. The monoisotopic (exact) mass is 322 g/mol. The summed E-state index contributed by atoms with van der Waals surface area (Å²) in [5, 5.41) is 2.84. The minimum absolute atomic E-state index is 0.111. The topological polar surface area (TPSA) is 58.6 Å². The molecule has 1 aromatic rings. The van der Waals surface area contributed by atoms with Crippen molar-refractivity contribution in [1.29, 1.82) is 0 Å². The number of halogens is 1. The predicted octanol–water partition coefficient (Wildman–Crippen LogP) is 2.11. The number of nitrogens with zero attached hydrogens (tertiary/aromatic N) is 1. The van der Waals surface area contributed by atoms with E-state index in [1.807, 2.05) is 13.8 Å². The lowest BCUT2D eigenvalue weighted by Crippen LogP contribution is -2.34. The molecule has 1 unspecified atom stereocenters. The Morgan fingerprint density at radius 1 is 1.39 bits per heavy atom. The predicted molar refractivity (Wildman–Crippen MR) is 85.6 cm³/mol. The van der Waals surface area contributed by atoms with Crippen LogP contribution in [0, 0.1) is 11.7 Å². The molecule has 1 N–H and O–H groups in total. The second kappa shape index (κ2) is 8.06. The molecule has 6 heteroatoms. The second-order valence-corrected chi connectivity index (χ2v) is 5.95. The first kappa shape index (κ1) is 17.4. The summed E-state index contributed by atoms with van der Waals surface area (Å²) in [5.41, 5.74) is 0.622. The molecule has 1 aromatic carbocycles. The van der Waals surface area contributed by atoms with Gasteiger partial charge in [-0.15, -0.1) is 0 Å². The molecule has 1 saturated heterocycles. The van der Waals surface area contributed by atoms with Gasteiger partial charge in [0.2, 0.25) is 11.8 Å². The summed E-state index contributed by atoms with van der Waals surface area (Å²) in [5.74, 6) is -0.940. The van der Waals surface area contributed by atoms with Crippen molar-refractivity contribution in [2.45, 2.75) is 32.8 Å². The van der Waals surface area contributed by atoms with Crippen LogP contribution in [0.4, 0.5) is 10.1 Å². The number of carbonyl (C=O) groups is 2. The van der Waals surface area contributed by atoms with Gasteiger partial charge in [-0.2, -0.15) is 0 Å². The van der Waals surface area contributed by atoms with Gasteiger partial charge in [-0.25, -0.2) is 4.39 Å². The van der Waals surface area contributed by atoms with Crippen LogP contribution in [-0.2, 0) is 14.3 Å². The van der Waals surface area contributed by atoms with Crippen molar-refractivity contribution in [1.82, 2.24) is 5.32 Å². The highest BCUT2D eigenvalue weighted by molar-refractivity contribution is 6.00. The van der Waals surface area contributed by atoms with Crippen LogP contribution in [0.5, 0.6) is 0 Å². The first-order chi connectivity index (χ1) is 11.0. The van der Waals surface area contributed by atoms with Crippen molar-refractivity contribution in [3.63, 3.8) is 0 Å². The molecule has 0 spiro atoms. The SMILES string of the molecule is CC(C)OCCCNC(=O)C1CC(=O)N(c2ccc(F)cc2)C1. The fourth-order valence-electron chi connectivity index (χ4n) is 2.50. The van der Waals surface area contributed by atoms with Gasteiger partial charge in [0.05, 0.1) is 12.0 Å². The summed E-state index contributed by atoms with van der Waals surface area (Å²) >= 11 is 0. The molecular formula is C17H23FN2O3. The Morgan fingerprint density at radius 2 is 2.09 bits per heavy atom. The van der Waals surface area contributed by atoms with Crippen molar-refractivity contribution in [2.75, 3.05) is 24.6 Å². The van der Waals surface area contributed by atoms with Gasteiger partial charge in [-0.1, -0.05) is 0 Å². The molecule has 2 amide bonds. The molecule has 0 aromatic heterocycles. The van der Waals surface area contributed by atoms with Gasteiger partial charge in [0.1, 0.15) is 5.82 Å². The Morgan fingerprint density at radius 3 is 2.74 bits per heavy atom. The average molecular weight is 322 g/mol. The molecule has 5 nitrogen and oxygen atoms in total. The molecule has 0 saturated carbocycles. The van der Waals surface area contributed by atoms with E-state index in [0.29, 0.717) is 25.4 Å². The van der Waals surface area contributed by atoms with Crippen molar-refractivity contribution in [2.24, 2.45) is 5.92 Å². The van der Waals surface area contributed by atoms with Crippen LogP contribution in [0.25, 0.3) is 0 Å². The lowest BCUT2D eigenvalue weighted by Gasteiger charge is -2.16.